The van der Waals surface area contributed by atoms with Crippen molar-refractivity contribution in [3.63, 3.8) is 0 Å². The normalized spacial score (nSPS) is 12.7. The summed E-state index contributed by atoms with van der Waals surface area (Å²) in [4.78, 5) is 41.4. The Hall–Kier alpha value is -4.94. The summed E-state index contributed by atoms with van der Waals surface area (Å²) >= 11 is 0. The molecule has 0 saturated heterocycles. The standard InChI is InChI=1S/C26H20F3N5O5/c1-26(28,29)39-21-5-3-2-4-15(21)12-31-25(37)19-10-18(33-23-17(27)13-32-34(19)23)24(36)30-11-14-6-7-20-16(8-14)9-22(35)38-20/h2-8,10,13H,9,11-12H2,1H3,(H,30,36)(H,31,37). The van der Waals surface area contributed by atoms with E-state index in [1.165, 1.54) is 18.2 Å². The Kier molecular flexibility index (Phi) is 6.64. The predicted octanol–water partition coefficient (Wildman–Crippen LogP) is 3.18. The lowest BCUT2D eigenvalue weighted by molar-refractivity contribution is -0.159. The van der Waals surface area contributed by atoms with Crippen LogP contribution in [0.3, 0.4) is 0 Å². The number of halogens is 3. The van der Waals surface area contributed by atoms with Crippen LogP contribution in [0.15, 0.2) is 54.7 Å². The zero-order valence-corrected chi connectivity index (χ0v) is 20.3. The Morgan fingerprint density at radius 2 is 1.87 bits per heavy atom. The highest BCUT2D eigenvalue weighted by Gasteiger charge is 2.25. The van der Waals surface area contributed by atoms with Crippen LogP contribution in [0.4, 0.5) is 13.2 Å². The number of carbonyl (C=O) groups excluding carboxylic acids is 3. The Labute approximate surface area is 218 Å². The fourth-order valence-corrected chi connectivity index (χ4v) is 3.99. The minimum absolute atomic E-state index is 0.0648. The van der Waals surface area contributed by atoms with E-state index in [0.29, 0.717) is 23.8 Å². The van der Waals surface area contributed by atoms with Gasteiger partial charge in [-0.1, -0.05) is 24.3 Å². The number of nitrogens with zero attached hydrogens (tertiary/aromatic N) is 3. The topological polar surface area (TPSA) is 124 Å². The summed E-state index contributed by atoms with van der Waals surface area (Å²) < 4.78 is 51.8. The molecule has 10 nitrogen and oxygen atoms in total. The van der Waals surface area contributed by atoms with Crippen LogP contribution < -0.4 is 20.1 Å². The molecular weight excluding hydrogens is 519 g/mol. The van der Waals surface area contributed by atoms with Gasteiger partial charge in [0.15, 0.2) is 11.5 Å². The molecule has 0 spiro atoms. The maximum atomic E-state index is 14.4. The molecule has 0 bridgehead atoms. The van der Waals surface area contributed by atoms with Crippen molar-refractivity contribution in [2.45, 2.75) is 32.5 Å². The molecule has 2 aromatic heterocycles. The predicted molar refractivity (Wildman–Crippen MR) is 129 cm³/mol. The first-order chi connectivity index (χ1) is 18.6. The number of hydrogen-bond donors (Lipinski definition) is 2. The van der Waals surface area contributed by atoms with E-state index in [1.807, 2.05) is 0 Å². The van der Waals surface area contributed by atoms with Gasteiger partial charge in [0.2, 0.25) is 0 Å². The first-order valence-corrected chi connectivity index (χ1v) is 11.7. The maximum Gasteiger partial charge on any atom is 0.394 e. The zero-order valence-electron chi connectivity index (χ0n) is 20.3. The van der Waals surface area contributed by atoms with E-state index in [-0.39, 0.29) is 53.8 Å². The van der Waals surface area contributed by atoms with Crippen LogP contribution in [0.1, 0.15) is 44.6 Å². The van der Waals surface area contributed by atoms with Gasteiger partial charge in [-0.2, -0.15) is 13.9 Å². The summed E-state index contributed by atoms with van der Waals surface area (Å²) in [6, 6.07) is 12.1. The number of nitrogens with one attached hydrogen (secondary N) is 2. The molecule has 39 heavy (non-hydrogen) atoms. The summed E-state index contributed by atoms with van der Waals surface area (Å²) in [5.41, 5.74) is 0.844. The van der Waals surface area contributed by atoms with Gasteiger partial charge in [-0.05, 0) is 23.8 Å². The van der Waals surface area contributed by atoms with Crippen LogP contribution in [0.2, 0.25) is 0 Å². The lowest BCUT2D eigenvalue weighted by atomic mass is 10.1. The number of hydrogen-bond acceptors (Lipinski definition) is 7. The SMILES string of the molecule is CC(F)(F)Oc1ccccc1CNC(=O)c1cc(C(=O)NCc2ccc3c(c2)CC(=O)O3)nc2c(F)cnn12. The zero-order chi connectivity index (χ0) is 27.7. The van der Waals surface area contributed by atoms with Gasteiger partial charge in [0.25, 0.3) is 11.8 Å². The van der Waals surface area contributed by atoms with Crippen molar-refractivity contribution in [1.29, 1.82) is 0 Å². The maximum absolute atomic E-state index is 14.4. The Balaban J connectivity index is 1.34. The van der Waals surface area contributed by atoms with Gasteiger partial charge in [-0.15, -0.1) is 0 Å². The highest BCUT2D eigenvalue weighted by molar-refractivity contribution is 5.98. The number of amides is 2. The number of fused-ring (bicyclic) bond motifs is 2. The van der Waals surface area contributed by atoms with Crippen molar-refractivity contribution < 1.29 is 37.0 Å². The molecule has 0 atom stereocenters. The summed E-state index contributed by atoms with van der Waals surface area (Å²) in [6.45, 7) is 0.453. The van der Waals surface area contributed by atoms with Crippen LogP contribution in [0.25, 0.3) is 5.65 Å². The molecule has 0 aliphatic carbocycles. The molecule has 1 aliphatic heterocycles. The minimum Gasteiger partial charge on any atom is -0.432 e. The van der Waals surface area contributed by atoms with Crippen molar-refractivity contribution in [2.75, 3.05) is 0 Å². The van der Waals surface area contributed by atoms with Gasteiger partial charge in [0.05, 0.1) is 12.6 Å². The summed E-state index contributed by atoms with van der Waals surface area (Å²) in [7, 11) is 0. The Bertz CT molecular complexity index is 1620. The number of para-hydroxylation sites is 1. The molecule has 0 fully saturated rings. The molecule has 2 amide bonds. The molecule has 0 saturated carbocycles. The van der Waals surface area contributed by atoms with E-state index >= 15 is 0 Å². The number of ether oxygens (including phenoxy) is 2. The van der Waals surface area contributed by atoms with Gasteiger partial charge in [-0.3, -0.25) is 14.4 Å². The first kappa shape index (κ1) is 25.7. The summed E-state index contributed by atoms with van der Waals surface area (Å²) in [5, 5.41) is 9.01. The smallest absolute Gasteiger partial charge is 0.394 e. The third-order valence-electron chi connectivity index (χ3n) is 5.73. The van der Waals surface area contributed by atoms with Crippen molar-refractivity contribution in [3.05, 3.63) is 88.6 Å². The number of esters is 1. The third kappa shape index (κ3) is 5.66. The van der Waals surface area contributed by atoms with E-state index in [0.717, 1.165) is 16.8 Å². The van der Waals surface area contributed by atoms with E-state index in [1.54, 1.807) is 24.3 Å². The third-order valence-corrected chi connectivity index (χ3v) is 5.73. The fraction of sp³-hybridized carbons (Fsp3) is 0.192. The summed E-state index contributed by atoms with van der Waals surface area (Å²) in [5.74, 6) is -2.34. The fourth-order valence-electron chi connectivity index (χ4n) is 3.99. The summed E-state index contributed by atoms with van der Waals surface area (Å²) in [6.07, 6.45) is -2.45. The van der Waals surface area contributed by atoms with Crippen LogP contribution in [-0.4, -0.2) is 38.5 Å². The molecule has 13 heteroatoms. The van der Waals surface area contributed by atoms with E-state index in [4.69, 9.17) is 4.74 Å². The lowest BCUT2D eigenvalue weighted by Crippen LogP contribution is -2.29. The molecule has 2 N–H and O–H groups in total. The number of benzene rings is 2. The van der Waals surface area contributed by atoms with Crippen LogP contribution >= 0.6 is 0 Å². The Morgan fingerprint density at radius 3 is 2.67 bits per heavy atom. The van der Waals surface area contributed by atoms with Gasteiger partial charge in [0, 0.05) is 37.2 Å². The van der Waals surface area contributed by atoms with Crippen LogP contribution in [0.5, 0.6) is 11.5 Å². The monoisotopic (exact) mass is 539 g/mol. The number of carbonyl (C=O) groups is 3. The second-order valence-corrected chi connectivity index (χ2v) is 8.73. The van der Waals surface area contributed by atoms with E-state index in [2.05, 4.69) is 25.5 Å². The number of rotatable bonds is 8. The van der Waals surface area contributed by atoms with Crippen molar-refractivity contribution in [2.24, 2.45) is 0 Å². The molecular formula is C26H20F3N5O5. The van der Waals surface area contributed by atoms with Crippen molar-refractivity contribution in [1.82, 2.24) is 25.2 Å². The molecule has 0 unspecified atom stereocenters. The molecule has 3 heterocycles. The molecule has 1 aliphatic rings. The molecule has 0 radical (unpaired) electrons. The largest absolute Gasteiger partial charge is 0.432 e. The molecule has 2 aromatic carbocycles. The van der Waals surface area contributed by atoms with E-state index < -0.39 is 23.7 Å². The van der Waals surface area contributed by atoms with Gasteiger partial charge < -0.3 is 20.1 Å². The van der Waals surface area contributed by atoms with Crippen molar-refractivity contribution in [3.8, 4) is 11.5 Å². The van der Waals surface area contributed by atoms with Gasteiger partial charge in [0.1, 0.15) is 22.9 Å². The van der Waals surface area contributed by atoms with Crippen LogP contribution in [-0.2, 0) is 24.3 Å². The van der Waals surface area contributed by atoms with Crippen molar-refractivity contribution >= 4 is 23.4 Å². The average Bonchev–Trinajstić information content (AvgIpc) is 3.46. The molecule has 5 rings (SSSR count). The second-order valence-electron chi connectivity index (χ2n) is 8.73. The minimum atomic E-state index is -3.43. The van der Waals surface area contributed by atoms with Gasteiger partial charge >= 0.3 is 12.1 Å². The van der Waals surface area contributed by atoms with E-state index in [9.17, 15) is 27.6 Å². The Morgan fingerprint density at radius 1 is 1.10 bits per heavy atom. The highest BCUT2D eigenvalue weighted by Crippen LogP contribution is 2.27. The number of aromatic nitrogens is 3. The van der Waals surface area contributed by atoms with Crippen LogP contribution in [0, 0.1) is 5.82 Å². The average molecular weight is 539 g/mol. The first-order valence-electron chi connectivity index (χ1n) is 11.7. The molecule has 4 aromatic rings. The quantitative estimate of drug-likeness (QED) is 0.260. The van der Waals surface area contributed by atoms with Gasteiger partial charge in [-0.25, -0.2) is 13.9 Å². The lowest BCUT2D eigenvalue weighted by Gasteiger charge is -2.16. The number of alkyl halides is 2. The second kappa shape index (κ2) is 10.1. The highest BCUT2D eigenvalue weighted by atomic mass is 19.3. The molecule has 200 valence electrons.